The van der Waals surface area contributed by atoms with Crippen LogP contribution in [0.15, 0.2) is 85.4 Å². The zero-order valence-electron chi connectivity index (χ0n) is 28.7. The number of ether oxygens (including phenoxy) is 1. The molecule has 0 spiro atoms. The summed E-state index contributed by atoms with van der Waals surface area (Å²) in [7, 11) is 0.786. The molecule has 6 heteroatoms. The number of nitrogens with one attached hydrogen (secondary N) is 2. The second-order valence-electron chi connectivity index (χ2n) is 13.7. The lowest BCUT2D eigenvalue weighted by atomic mass is 9.89. The smallest absolute Gasteiger partial charge is 0.123 e. The molecule has 4 atom stereocenters. The van der Waals surface area contributed by atoms with Crippen molar-refractivity contribution >= 4 is 8.15 Å². The summed E-state index contributed by atoms with van der Waals surface area (Å²) >= 11 is 0. The number of benzene rings is 2. The molecule has 242 valence electrons. The van der Waals surface area contributed by atoms with Gasteiger partial charge >= 0.3 is 0 Å². The number of likely N-dealkylation sites (tertiary alicyclic amines) is 1. The summed E-state index contributed by atoms with van der Waals surface area (Å²) in [6, 6.07) is 17.3. The maximum atomic E-state index is 6.80. The fourth-order valence-electron chi connectivity index (χ4n) is 5.73. The average molecular weight is 620 g/mol. The van der Waals surface area contributed by atoms with Crippen LogP contribution < -0.4 is 19.9 Å². The van der Waals surface area contributed by atoms with Gasteiger partial charge in [0.05, 0.1) is 25.0 Å². The number of aryl methyl sites for hydroxylation is 1. The van der Waals surface area contributed by atoms with Crippen molar-refractivity contribution in [3.8, 4) is 11.5 Å². The predicted octanol–water partition coefficient (Wildman–Crippen LogP) is 9.62. The topological polar surface area (TPSA) is 45.8 Å². The fraction of sp³-hybridized carbons (Fsp3) is 0.526. The molecule has 1 heterocycles. The molecule has 0 bridgehead atoms. The van der Waals surface area contributed by atoms with E-state index < -0.39 is 8.15 Å². The van der Waals surface area contributed by atoms with E-state index in [9.17, 15) is 0 Å². The number of allylic oxidation sites excluding steroid dienone is 1. The van der Waals surface area contributed by atoms with Crippen LogP contribution >= 0.6 is 8.15 Å². The lowest BCUT2D eigenvalue weighted by Crippen LogP contribution is -2.55. The Labute approximate surface area is 270 Å². The third kappa shape index (κ3) is 10.3. The largest absolute Gasteiger partial charge is 0.497 e. The van der Waals surface area contributed by atoms with Gasteiger partial charge in [-0.3, -0.25) is 0 Å². The van der Waals surface area contributed by atoms with E-state index in [2.05, 4.69) is 108 Å². The minimum Gasteiger partial charge on any atom is -0.497 e. The monoisotopic (exact) mass is 619 g/mol. The molecule has 5 nitrogen and oxygen atoms in total. The molecule has 0 saturated carbocycles. The lowest BCUT2D eigenvalue weighted by Gasteiger charge is -2.48. The van der Waals surface area contributed by atoms with Crippen molar-refractivity contribution in [1.82, 2.24) is 15.5 Å². The summed E-state index contributed by atoms with van der Waals surface area (Å²) in [6.07, 6.45) is 5.96. The van der Waals surface area contributed by atoms with E-state index in [0.717, 1.165) is 73.4 Å². The SMILES string of the molecule is C=C(CC(C)(C)C)NC(C(=C)N1CCC1C(=C)NC(CCC)P(Cc1ccc(CC)cc1)Oc1ccc(OC)cc1)C(C)C. The van der Waals surface area contributed by atoms with Crippen LogP contribution in [0.5, 0.6) is 11.5 Å². The van der Waals surface area contributed by atoms with Gasteiger partial charge in [-0.1, -0.05) is 98.9 Å². The van der Waals surface area contributed by atoms with E-state index >= 15 is 0 Å². The number of rotatable bonds is 18. The molecule has 0 aliphatic carbocycles. The quantitative estimate of drug-likeness (QED) is 0.163. The fourth-order valence-corrected chi connectivity index (χ4v) is 7.96. The van der Waals surface area contributed by atoms with Gasteiger partial charge in [0.1, 0.15) is 19.6 Å². The summed E-state index contributed by atoms with van der Waals surface area (Å²) in [5.74, 6) is 2.25. The van der Waals surface area contributed by atoms with Gasteiger partial charge in [0.25, 0.3) is 0 Å². The molecule has 2 aromatic carbocycles. The first-order valence-corrected chi connectivity index (χ1v) is 17.9. The van der Waals surface area contributed by atoms with Gasteiger partial charge in [-0.05, 0) is 72.4 Å². The summed E-state index contributed by atoms with van der Waals surface area (Å²) < 4.78 is 12.2. The molecular weight excluding hydrogens is 561 g/mol. The Balaban J connectivity index is 1.78. The Kier molecular flexibility index (Phi) is 13.3. The highest BCUT2D eigenvalue weighted by atomic mass is 31.1. The van der Waals surface area contributed by atoms with Crippen LogP contribution in [0.2, 0.25) is 0 Å². The van der Waals surface area contributed by atoms with Crippen molar-refractivity contribution in [2.45, 2.75) is 105 Å². The molecule has 0 radical (unpaired) electrons. The summed E-state index contributed by atoms with van der Waals surface area (Å²) in [4.78, 5) is 2.43. The third-order valence-electron chi connectivity index (χ3n) is 8.23. The van der Waals surface area contributed by atoms with Crippen molar-refractivity contribution in [3.05, 3.63) is 96.5 Å². The standard InChI is InChI=1S/C38H58N3O2P/c1-12-14-36(44(26-32-17-15-31(13-2)16-18-32)43-34-21-19-33(42-11)20-22-34)40-29(6)35-23-24-41(35)30(7)37(27(3)4)39-28(5)25-38(8,9)10/h15-22,27,35-37,39-40H,5-7,12-14,23-26H2,1-4,8-11H3. The summed E-state index contributed by atoms with van der Waals surface area (Å²) in [6.45, 7) is 30.2. The van der Waals surface area contributed by atoms with Crippen molar-refractivity contribution in [3.63, 3.8) is 0 Å². The van der Waals surface area contributed by atoms with Crippen LogP contribution in [-0.4, -0.2) is 36.4 Å². The highest BCUT2D eigenvalue weighted by Crippen LogP contribution is 2.48. The van der Waals surface area contributed by atoms with Gasteiger partial charge in [0.15, 0.2) is 0 Å². The van der Waals surface area contributed by atoms with Crippen LogP contribution in [0, 0.1) is 11.3 Å². The first-order valence-electron chi connectivity index (χ1n) is 16.4. The summed E-state index contributed by atoms with van der Waals surface area (Å²) in [5, 5.41) is 7.61. The van der Waals surface area contributed by atoms with Gasteiger partial charge in [0.2, 0.25) is 0 Å². The predicted molar refractivity (Wildman–Crippen MR) is 190 cm³/mol. The number of hydrogen-bond donors (Lipinski definition) is 2. The maximum Gasteiger partial charge on any atom is 0.123 e. The van der Waals surface area contributed by atoms with Crippen molar-refractivity contribution in [2.75, 3.05) is 13.7 Å². The lowest BCUT2D eigenvalue weighted by molar-refractivity contribution is 0.139. The van der Waals surface area contributed by atoms with Gasteiger partial charge in [0, 0.05) is 29.8 Å². The maximum absolute atomic E-state index is 6.80. The van der Waals surface area contributed by atoms with Crippen LogP contribution in [0.3, 0.4) is 0 Å². The second kappa shape index (κ2) is 16.4. The van der Waals surface area contributed by atoms with E-state index in [4.69, 9.17) is 9.26 Å². The number of hydrogen-bond acceptors (Lipinski definition) is 5. The molecule has 2 N–H and O–H groups in total. The first-order chi connectivity index (χ1) is 20.8. The molecule has 0 aromatic heterocycles. The van der Waals surface area contributed by atoms with Crippen molar-refractivity contribution in [1.29, 1.82) is 0 Å². The molecule has 1 aliphatic rings. The first kappa shape index (κ1) is 35.6. The Morgan fingerprint density at radius 1 is 0.955 bits per heavy atom. The van der Waals surface area contributed by atoms with Gasteiger partial charge in [-0.15, -0.1) is 0 Å². The third-order valence-corrected chi connectivity index (χ3v) is 10.4. The summed E-state index contributed by atoms with van der Waals surface area (Å²) in [5.41, 5.74) is 6.08. The second-order valence-corrected chi connectivity index (χ2v) is 15.6. The molecule has 2 aromatic rings. The van der Waals surface area contributed by atoms with E-state index in [1.165, 1.54) is 11.1 Å². The minimum absolute atomic E-state index is 0.133. The Bertz CT molecular complexity index is 1170. The van der Waals surface area contributed by atoms with Gasteiger partial charge < -0.3 is 24.8 Å². The molecule has 1 aliphatic heterocycles. The van der Waals surface area contributed by atoms with Crippen molar-refractivity contribution < 1.29 is 9.26 Å². The van der Waals surface area contributed by atoms with Crippen molar-refractivity contribution in [2.24, 2.45) is 11.3 Å². The van der Waals surface area contributed by atoms with Crippen LogP contribution in [-0.2, 0) is 12.6 Å². The average Bonchev–Trinajstić information content (AvgIpc) is 2.94. The van der Waals surface area contributed by atoms with Crippen LogP contribution in [0.25, 0.3) is 0 Å². The zero-order chi connectivity index (χ0) is 32.4. The molecular formula is C38H58N3O2P. The number of methoxy groups -OCH3 is 1. The number of nitrogens with zero attached hydrogens (tertiary/aromatic N) is 1. The Morgan fingerprint density at radius 3 is 2.07 bits per heavy atom. The van der Waals surface area contributed by atoms with Gasteiger partial charge in [-0.2, -0.15) is 0 Å². The van der Waals surface area contributed by atoms with Crippen LogP contribution in [0.4, 0.5) is 0 Å². The van der Waals surface area contributed by atoms with E-state index in [1.54, 1.807) is 7.11 Å². The minimum atomic E-state index is -0.904. The van der Waals surface area contributed by atoms with E-state index in [-0.39, 0.29) is 23.3 Å². The highest BCUT2D eigenvalue weighted by Gasteiger charge is 2.36. The molecule has 0 amide bonds. The molecule has 4 unspecified atom stereocenters. The Morgan fingerprint density at radius 2 is 1.57 bits per heavy atom. The highest BCUT2D eigenvalue weighted by molar-refractivity contribution is 7.52. The Hall–Kier alpha value is -2.91. The normalized spacial score (nSPS) is 16.8. The van der Waals surface area contributed by atoms with Crippen LogP contribution in [0.1, 0.15) is 85.3 Å². The van der Waals surface area contributed by atoms with Gasteiger partial charge in [-0.25, -0.2) is 0 Å². The molecule has 1 saturated heterocycles. The molecule has 44 heavy (non-hydrogen) atoms. The van der Waals surface area contributed by atoms with E-state index in [1.807, 2.05) is 24.3 Å². The van der Waals surface area contributed by atoms with E-state index in [0.29, 0.717) is 5.92 Å². The zero-order valence-corrected chi connectivity index (χ0v) is 29.6. The molecule has 1 fully saturated rings. The molecule has 3 rings (SSSR count).